The summed E-state index contributed by atoms with van der Waals surface area (Å²) in [4.78, 5) is 23.7. The zero-order valence-corrected chi connectivity index (χ0v) is 11.2. The third-order valence-electron chi connectivity index (χ3n) is 3.14. The number of hydrogen-bond acceptors (Lipinski definition) is 3. The summed E-state index contributed by atoms with van der Waals surface area (Å²) in [7, 11) is 0. The Morgan fingerprint density at radius 3 is 1.38 bits per heavy atom. The first kappa shape index (κ1) is 13.1. The van der Waals surface area contributed by atoms with Crippen molar-refractivity contribution in [3.05, 3.63) is 82.9 Å². The summed E-state index contributed by atoms with van der Waals surface area (Å²) < 4.78 is 4.72. The minimum atomic E-state index is -0.606. The zero-order valence-electron chi connectivity index (χ0n) is 11.2. The van der Waals surface area contributed by atoms with Gasteiger partial charge in [-0.25, -0.2) is 9.59 Å². The van der Waals surface area contributed by atoms with Crippen LogP contribution in [-0.2, 0) is 14.3 Å². The van der Waals surface area contributed by atoms with Gasteiger partial charge in [-0.2, -0.15) is 0 Å². The molecular formula is C18H12O3. The van der Waals surface area contributed by atoms with Crippen LogP contribution in [0.15, 0.2) is 71.8 Å². The molecule has 2 aromatic rings. The molecule has 0 spiro atoms. The Bertz CT molecular complexity index is 675. The molecule has 0 amide bonds. The van der Waals surface area contributed by atoms with Gasteiger partial charge in [-0.05, 0) is 23.3 Å². The van der Waals surface area contributed by atoms with E-state index in [1.54, 1.807) is 12.2 Å². The van der Waals surface area contributed by atoms with Crippen LogP contribution in [0.5, 0.6) is 0 Å². The predicted octanol–water partition coefficient (Wildman–Crippen LogP) is 3.24. The molecule has 0 bridgehead atoms. The Morgan fingerprint density at radius 1 is 0.619 bits per heavy atom. The Morgan fingerprint density at radius 2 is 1.00 bits per heavy atom. The normalized spacial score (nSPS) is 18.3. The molecule has 0 atom stereocenters. The van der Waals surface area contributed by atoms with Crippen molar-refractivity contribution in [2.45, 2.75) is 0 Å². The van der Waals surface area contributed by atoms with Crippen molar-refractivity contribution in [2.75, 3.05) is 0 Å². The van der Waals surface area contributed by atoms with E-state index in [1.807, 2.05) is 60.7 Å². The topological polar surface area (TPSA) is 43.4 Å². The lowest BCUT2D eigenvalue weighted by molar-refractivity contribution is -0.149. The zero-order chi connectivity index (χ0) is 14.7. The van der Waals surface area contributed by atoms with Gasteiger partial charge in [-0.3, -0.25) is 0 Å². The molecule has 0 unspecified atom stereocenters. The Hall–Kier alpha value is -2.94. The molecule has 0 saturated carbocycles. The number of cyclic esters (lactones) is 2. The largest absolute Gasteiger partial charge is 0.386 e. The van der Waals surface area contributed by atoms with Crippen LogP contribution in [0.3, 0.4) is 0 Å². The quantitative estimate of drug-likeness (QED) is 0.480. The monoisotopic (exact) mass is 276 g/mol. The number of carbonyl (C=O) groups excluding carboxylic acids is 2. The second-order valence-corrected chi connectivity index (χ2v) is 4.61. The molecule has 1 aliphatic heterocycles. The van der Waals surface area contributed by atoms with Crippen molar-refractivity contribution < 1.29 is 14.3 Å². The fourth-order valence-electron chi connectivity index (χ4n) is 2.12. The van der Waals surface area contributed by atoms with Gasteiger partial charge in [-0.1, -0.05) is 60.7 Å². The van der Waals surface area contributed by atoms with Crippen LogP contribution in [0.2, 0.25) is 0 Å². The maximum Gasteiger partial charge on any atom is 0.346 e. The molecule has 1 aliphatic rings. The fraction of sp³-hybridized carbons (Fsp3) is 0. The molecule has 0 radical (unpaired) electrons. The second kappa shape index (κ2) is 5.59. The molecule has 21 heavy (non-hydrogen) atoms. The molecule has 1 saturated heterocycles. The van der Waals surface area contributed by atoms with Gasteiger partial charge in [0, 0.05) is 0 Å². The van der Waals surface area contributed by atoms with Crippen LogP contribution in [0.1, 0.15) is 11.1 Å². The second-order valence-electron chi connectivity index (χ2n) is 4.61. The van der Waals surface area contributed by atoms with Crippen LogP contribution < -0.4 is 0 Å². The minimum absolute atomic E-state index is 0.287. The highest BCUT2D eigenvalue weighted by atomic mass is 16.6. The Balaban J connectivity index is 2.05. The van der Waals surface area contributed by atoms with E-state index in [0.29, 0.717) is 0 Å². The lowest BCUT2D eigenvalue weighted by atomic mass is 10.0. The molecule has 3 rings (SSSR count). The SMILES string of the molecule is O=C1OC(=O)/C(=C/c2ccccc2)C1=Cc1ccccc1. The van der Waals surface area contributed by atoms with E-state index < -0.39 is 11.9 Å². The highest BCUT2D eigenvalue weighted by Crippen LogP contribution is 2.26. The van der Waals surface area contributed by atoms with Gasteiger partial charge < -0.3 is 4.74 Å². The van der Waals surface area contributed by atoms with E-state index in [4.69, 9.17) is 4.74 Å². The summed E-state index contributed by atoms with van der Waals surface area (Å²) in [6.45, 7) is 0. The van der Waals surface area contributed by atoms with Gasteiger partial charge in [-0.15, -0.1) is 0 Å². The summed E-state index contributed by atoms with van der Waals surface area (Å²) in [5.74, 6) is -1.21. The average Bonchev–Trinajstić information content (AvgIpc) is 2.76. The van der Waals surface area contributed by atoms with Crippen molar-refractivity contribution in [1.82, 2.24) is 0 Å². The lowest BCUT2D eigenvalue weighted by Gasteiger charge is -1.97. The molecule has 1 heterocycles. The van der Waals surface area contributed by atoms with E-state index in [0.717, 1.165) is 11.1 Å². The van der Waals surface area contributed by atoms with Gasteiger partial charge in [0.2, 0.25) is 0 Å². The highest BCUT2D eigenvalue weighted by molar-refractivity contribution is 6.22. The molecule has 3 nitrogen and oxygen atoms in total. The maximum absolute atomic E-state index is 11.8. The number of benzene rings is 2. The van der Waals surface area contributed by atoms with E-state index >= 15 is 0 Å². The fourth-order valence-corrected chi connectivity index (χ4v) is 2.12. The Labute approximate surface area is 122 Å². The van der Waals surface area contributed by atoms with Crippen LogP contribution in [0.4, 0.5) is 0 Å². The third kappa shape index (κ3) is 2.82. The van der Waals surface area contributed by atoms with Gasteiger partial charge in [0.15, 0.2) is 0 Å². The van der Waals surface area contributed by atoms with Crippen molar-refractivity contribution in [1.29, 1.82) is 0 Å². The molecular weight excluding hydrogens is 264 g/mol. The van der Waals surface area contributed by atoms with Crippen molar-refractivity contribution in [2.24, 2.45) is 0 Å². The number of esters is 2. The first-order chi connectivity index (χ1) is 10.2. The molecule has 1 fully saturated rings. The summed E-state index contributed by atoms with van der Waals surface area (Å²) >= 11 is 0. The van der Waals surface area contributed by atoms with Crippen molar-refractivity contribution in [3.8, 4) is 0 Å². The first-order valence-corrected chi connectivity index (χ1v) is 6.54. The highest BCUT2D eigenvalue weighted by Gasteiger charge is 2.33. The van der Waals surface area contributed by atoms with Crippen LogP contribution in [-0.4, -0.2) is 11.9 Å². The van der Waals surface area contributed by atoms with Crippen LogP contribution in [0, 0.1) is 0 Å². The van der Waals surface area contributed by atoms with Gasteiger partial charge in [0.05, 0.1) is 11.1 Å². The van der Waals surface area contributed by atoms with E-state index in [9.17, 15) is 9.59 Å². The summed E-state index contributed by atoms with van der Waals surface area (Å²) in [5, 5.41) is 0. The van der Waals surface area contributed by atoms with Gasteiger partial charge >= 0.3 is 11.9 Å². The van der Waals surface area contributed by atoms with Crippen LogP contribution in [0.25, 0.3) is 12.2 Å². The summed E-state index contributed by atoms with van der Waals surface area (Å²) in [6.07, 6.45) is 3.34. The standard InChI is InChI=1S/C18H12O3/c19-17-15(11-13-7-3-1-4-8-13)16(18(20)21-17)12-14-9-5-2-6-10-14/h1-12H/b15-11+,16-12?. The number of carbonyl (C=O) groups is 2. The van der Waals surface area contributed by atoms with Crippen LogP contribution >= 0.6 is 0 Å². The summed E-state index contributed by atoms with van der Waals surface area (Å²) in [6, 6.07) is 18.7. The maximum atomic E-state index is 11.8. The Kier molecular flexibility index (Phi) is 3.48. The lowest BCUT2D eigenvalue weighted by Crippen LogP contribution is -1.97. The number of ether oxygens (including phenoxy) is 1. The third-order valence-corrected chi connectivity index (χ3v) is 3.14. The molecule has 0 aliphatic carbocycles. The van der Waals surface area contributed by atoms with E-state index in [-0.39, 0.29) is 11.1 Å². The predicted molar refractivity (Wildman–Crippen MR) is 79.9 cm³/mol. The van der Waals surface area contributed by atoms with Crippen molar-refractivity contribution in [3.63, 3.8) is 0 Å². The first-order valence-electron chi connectivity index (χ1n) is 6.54. The molecule has 0 aromatic heterocycles. The molecule has 0 N–H and O–H groups in total. The average molecular weight is 276 g/mol. The smallest absolute Gasteiger partial charge is 0.346 e. The molecule has 2 aromatic carbocycles. The number of hydrogen-bond donors (Lipinski definition) is 0. The molecule has 102 valence electrons. The number of rotatable bonds is 2. The van der Waals surface area contributed by atoms with Gasteiger partial charge in [0.25, 0.3) is 0 Å². The minimum Gasteiger partial charge on any atom is -0.386 e. The van der Waals surface area contributed by atoms with E-state index in [2.05, 4.69) is 0 Å². The summed E-state index contributed by atoms with van der Waals surface area (Å²) in [5.41, 5.74) is 2.27. The van der Waals surface area contributed by atoms with Crippen molar-refractivity contribution >= 4 is 24.1 Å². The van der Waals surface area contributed by atoms with Gasteiger partial charge in [0.1, 0.15) is 0 Å². The molecule has 3 heteroatoms. The van der Waals surface area contributed by atoms with E-state index in [1.165, 1.54) is 0 Å².